The van der Waals surface area contributed by atoms with Crippen molar-refractivity contribution in [3.63, 3.8) is 0 Å². The maximum Gasteiger partial charge on any atom is 0.124 e. The number of hydrogen-bond acceptors (Lipinski definition) is 7. The Hall–Kier alpha value is -1.27. The molecule has 2 saturated heterocycles. The Labute approximate surface area is 194 Å². The van der Waals surface area contributed by atoms with E-state index in [2.05, 4.69) is 22.6 Å². The van der Waals surface area contributed by atoms with Crippen LogP contribution < -0.4 is 4.74 Å². The summed E-state index contributed by atoms with van der Waals surface area (Å²) in [5, 5.41) is 40.0. The Morgan fingerprint density at radius 3 is 2.45 bits per heavy atom. The molecule has 7 nitrogen and oxygen atoms in total. The smallest absolute Gasteiger partial charge is 0.124 e. The van der Waals surface area contributed by atoms with Crippen molar-refractivity contribution in [2.24, 2.45) is 0 Å². The largest absolute Gasteiger partial charge is 0.488 e. The molecule has 2 fully saturated rings. The lowest BCUT2D eigenvalue weighted by atomic mass is 9.90. The fourth-order valence-electron chi connectivity index (χ4n) is 3.99. The summed E-state index contributed by atoms with van der Waals surface area (Å²) >= 11 is 2.27. The van der Waals surface area contributed by atoms with Gasteiger partial charge in [-0.15, -0.1) is 0 Å². The lowest BCUT2D eigenvalue weighted by Gasteiger charge is -2.40. The first kappa shape index (κ1) is 22.9. The van der Waals surface area contributed by atoms with Crippen LogP contribution in [0.4, 0.5) is 0 Å². The van der Waals surface area contributed by atoms with Crippen LogP contribution in [-0.2, 0) is 15.9 Å². The van der Waals surface area contributed by atoms with Crippen LogP contribution in [0, 0.1) is 3.57 Å². The molecule has 0 aliphatic carbocycles. The number of hydrogen-bond donors (Lipinski definition) is 4. The van der Waals surface area contributed by atoms with Crippen molar-refractivity contribution in [3.05, 3.63) is 62.7 Å². The number of benzene rings is 2. The molecule has 31 heavy (non-hydrogen) atoms. The van der Waals surface area contributed by atoms with Gasteiger partial charge in [-0.2, -0.15) is 0 Å². The zero-order valence-electron chi connectivity index (χ0n) is 16.9. The van der Waals surface area contributed by atoms with Gasteiger partial charge in [0, 0.05) is 9.99 Å². The van der Waals surface area contributed by atoms with E-state index in [0.717, 1.165) is 33.5 Å². The van der Waals surface area contributed by atoms with Crippen LogP contribution in [0.3, 0.4) is 0 Å². The second-order valence-electron chi connectivity index (χ2n) is 8.02. The standard InChI is InChI=1S/C23H27IO7/c24-18-6-3-14(23-22(28)21(27)20(26)19(11-25)31-23)10-15(18)9-13-1-4-16(5-2-13)30-17-7-8-29-12-17/h1-6,10,17,19-23,25-28H,7-9,11-12H2/t17?,19-,20-,21+,22-,23+/m1/s1. The molecule has 6 atom stereocenters. The van der Waals surface area contributed by atoms with E-state index in [4.69, 9.17) is 14.2 Å². The Morgan fingerprint density at radius 1 is 1.00 bits per heavy atom. The third-order valence-electron chi connectivity index (χ3n) is 5.80. The highest BCUT2D eigenvalue weighted by Crippen LogP contribution is 2.34. The molecule has 0 saturated carbocycles. The fraction of sp³-hybridized carbons (Fsp3) is 0.478. The monoisotopic (exact) mass is 542 g/mol. The third-order valence-corrected chi connectivity index (χ3v) is 6.85. The van der Waals surface area contributed by atoms with Crippen LogP contribution >= 0.6 is 22.6 Å². The highest BCUT2D eigenvalue weighted by atomic mass is 127. The van der Waals surface area contributed by atoms with Crippen molar-refractivity contribution in [2.45, 2.75) is 49.5 Å². The average Bonchev–Trinajstić information content (AvgIpc) is 3.28. The van der Waals surface area contributed by atoms with Crippen molar-refractivity contribution in [2.75, 3.05) is 19.8 Å². The van der Waals surface area contributed by atoms with E-state index in [1.165, 1.54) is 0 Å². The minimum Gasteiger partial charge on any atom is -0.488 e. The molecule has 0 aromatic heterocycles. The predicted octanol–water partition coefficient (Wildman–Crippen LogP) is 1.56. The van der Waals surface area contributed by atoms with Gasteiger partial charge in [-0.3, -0.25) is 0 Å². The molecule has 8 heteroatoms. The molecular weight excluding hydrogens is 515 g/mol. The van der Waals surface area contributed by atoms with E-state index < -0.39 is 37.1 Å². The van der Waals surface area contributed by atoms with Crippen LogP contribution in [-0.4, -0.2) is 70.8 Å². The Balaban J connectivity index is 1.49. The lowest BCUT2D eigenvalue weighted by Crippen LogP contribution is -2.55. The van der Waals surface area contributed by atoms with Crippen LogP contribution in [0.2, 0.25) is 0 Å². The molecular formula is C23H27IO7. The molecule has 0 bridgehead atoms. The second-order valence-corrected chi connectivity index (χ2v) is 9.19. The number of aliphatic hydroxyl groups excluding tert-OH is 4. The lowest BCUT2D eigenvalue weighted by molar-refractivity contribution is -0.231. The summed E-state index contributed by atoms with van der Waals surface area (Å²) in [6, 6.07) is 13.7. The quantitative estimate of drug-likeness (QED) is 0.411. The first-order valence-corrected chi connectivity index (χ1v) is 11.5. The molecule has 2 aromatic rings. The Morgan fingerprint density at radius 2 is 1.77 bits per heavy atom. The summed E-state index contributed by atoms with van der Waals surface area (Å²) in [5.74, 6) is 0.823. The van der Waals surface area contributed by atoms with Crippen molar-refractivity contribution in [3.8, 4) is 5.75 Å². The third kappa shape index (κ3) is 5.22. The van der Waals surface area contributed by atoms with Gasteiger partial charge in [-0.05, 0) is 63.9 Å². The van der Waals surface area contributed by atoms with Gasteiger partial charge in [-0.25, -0.2) is 0 Å². The molecule has 4 N–H and O–H groups in total. The summed E-state index contributed by atoms with van der Waals surface area (Å²) < 4.78 is 18.0. The van der Waals surface area contributed by atoms with E-state index in [1.54, 1.807) is 0 Å². The molecule has 0 amide bonds. The van der Waals surface area contributed by atoms with Crippen molar-refractivity contribution < 1.29 is 34.6 Å². The van der Waals surface area contributed by atoms with E-state index in [1.807, 2.05) is 42.5 Å². The molecule has 2 aliphatic heterocycles. The SMILES string of the molecule is OC[C@H]1O[C@@H](c2ccc(I)c(Cc3ccc(OC4CCOC4)cc3)c2)[C@H](O)[C@@H](O)[C@@H]1O. The van der Waals surface area contributed by atoms with Crippen molar-refractivity contribution in [1.29, 1.82) is 0 Å². The van der Waals surface area contributed by atoms with Gasteiger partial charge < -0.3 is 34.6 Å². The van der Waals surface area contributed by atoms with E-state index in [-0.39, 0.29) is 6.10 Å². The first-order chi connectivity index (χ1) is 15.0. The summed E-state index contributed by atoms with van der Waals surface area (Å²) in [7, 11) is 0. The highest BCUT2D eigenvalue weighted by molar-refractivity contribution is 14.1. The molecule has 0 radical (unpaired) electrons. The number of rotatable bonds is 6. The van der Waals surface area contributed by atoms with Gasteiger partial charge in [0.2, 0.25) is 0 Å². The minimum atomic E-state index is -1.39. The predicted molar refractivity (Wildman–Crippen MR) is 121 cm³/mol. The van der Waals surface area contributed by atoms with Gasteiger partial charge in [0.15, 0.2) is 0 Å². The van der Waals surface area contributed by atoms with Gasteiger partial charge >= 0.3 is 0 Å². The fourth-order valence-corrected chi connectivity index (χ4v) is 4.51. The summed E-state index contributed by atoms with van der Waals surface area (Å²) in [6.45, 7) is 0.927. The second kappa shape index (κ2) is 10.1. The molecule has 1 unspecified atom stereocenters. The van der Waals surface area contributed by atoms with Gasteiger partial charge in [-0.1, -0.05) is 24.3 Å². The van der Waals surface area contributed by atoms with Crippen molar-refractivity contribution >= 4 is 22.6 Å². The molecule has 2 aromatic carbocycles. The van der Waals surface area contributed by atoms with Crippen molar-refractivity contribution in [1.82, 2.24) is 0 Å². The Bertz CT molecular complexity index is 867. The van der Waals surface area contributed by atoms with Gasteiger partial charge in [0.1, 0.15) is 42.4 Å². The number of aliphatic hydroxyl groups is 4. The zero-order valence-corrected chi connectivity index (χ0v) is 19.1. The summed E-state index contributed by atoms with van der Waals surface area (Å²) in [6.07, 6.45) is -4.11. The summed E-state index contributed by atoms with van der Waals surface area (Å²) in [4.78, 5) is 0. The zero-order chi connectivity index (χ0) is 22.0. The van der Waals surface area contributed by atoms with Crippen LogP contribution in [0.5, 0.6) is 5.75 Å². The molecule has 2 aliphatic rings. The molecule has 168 valence electrons. The molecule has 2 heterocycles. The van der Waals surface area contributed by atoms with E-state index in [0.29, 0.717) is 18.6 Å². The van der Waals surface area contributed by atoms with E-state index in [9.17, 15) is 20.4 Å². The maximum absolute atomic E-state index is 10.4. The topological polar surface area (TPSA) is 109 Å². The minimum absolute atomic E-state index is 0.113. The Kier molecular flexibility index (Phi) is 7.48. The normalized spacial score (nSPS) is 31.0. The summed E-state index contributed by atoms with van der Waals surface area (Å²) in [5.41, 5.74) is 2.85. The molecule has 0 spiro atoms. The number of ether oxygens (including phenoxy) is 3. The van der Waals surface area contributed by atoms with Gasteiger partial charge in [0.25, 0.3) is 0 Å². The van der Waals surface area contributed by atoms with Gasteiger partial charge in [0.05, 0.1) is 19.8 Å². The first-order valence-electron chi connectivity index (χ1n) is 10.4. The highest BCUT2D eigenvalue weighted by Gasteiger charge is 2.44. The van der Waals surface area contributed by atoms with Crippen LogP contribution in [0.1, 0.15) is 29.2 Å². The average molecular weight is 542 g/mol. The maximum atomic E-state index is 10.4. The number of halogens is 1. The van der Waals surface area contributed by atoms with Crippen LogP contribution in [0.15, 0.2) is 42.5 Å². The van der Waals surface area contributed by atoms with E-state index >= 15 is 0 Å². The van der Waals surface area contributed by atoms with Crippen LogP contribution in [0.25, 0.3) is 0 Å². The molecule has 4 rings (SSSR count).